The molecule has 2 N–H and O–H groups in total. The van der Waals surface area contributed by atoms with E-state index in [4.69, 9.17) is 5.73 Å². The Morgan fingerprint density at radius 2 is 2.21 bits per heavy atom. The fourth-order valence-electron chi connectivity index (χ4n) is 1.16. The zero-order chi connectivity index (χ0) is 10.7. The van der Waals surface area contributed by atoms with Crippen molar-refractivity contribution in [3.63, 3.8) is 0 Å². The Morgan fingerprint density at radius 3 is 2.64 bits per heavy atom. The van der Waals surface area contributed by atoms with Gasteiger partial charge in [0.05, 0.1) is 4.92 Å². The number of nitro groups is 1. The van der Waals surface area contributed by atoms with Crippen LogP contribution in [-0.2, 0) is 6.42 Å². The van der Waals surface area contributed by atoms with Crippen molar-refractivity contribution in [1.82, 2.24) is 0 Å². The van der Waals surface area contributed by atoms with Gasteiger partial charge in [-0.2, -0.15) is 0 Å². The molecule has 74 valence electrons. The minimum atomic E-state index is -0.778. The van der Waals surface area contributed by atoms with Crippen LogP contribution >= 0.6 is 0 Å². The molecule has 14 heavy (non-hydrogen) atoms. The Labute approximate surface area is 80.7 Å². The highest BCUT2D eigenvalue weighted by Gasteiger charge is 2.17. The number of rotatable bonds is 3. The third-order valence-electron chi connectivity index (χ3n) is 1.93. The minimum absolute atomic E-state index is 0.0489. The largest absolute Gasteiger partial charge is 0.365 e. The number of carbonyl (C=O) groups excluding carboxylic acids is 1. The number of nitrogens with two attached hydrogens (primary N) is 1. The van der Waals surface area contributed by atoms with Gasteiger partial charge < -0.3 is 5.73 Å². The summed E-state index contributed by atoms with van der Waals surface area (Å²) in [6.07, 6.45) is 0.680. The second-order valence-electron chi connectivity index (χ2n) is 2.83. The van der Waals surface area contributed by atoms with Crippen molar-refractivity contribution in [3.8, 4) is 0 Å². The summed E-state index contributed by atoms with van der Waals surface area (Å²) in [5, 5.41) is 10.6. The Kier molecular flexibility index (Phi) is 2.81. The Hall–Kier alpha value is -1.91. The van der Waals surface area contributed by atoms with Gasteiger partial charge in [-0.25, -0.2) is 0 Å². The highest BCUT2D eigenvalue weighted by atomic mass is 16.6. The predicted octanol–water partition coefficient (Wildman–Crippen LogP) is 1.26. The van der Waals surface area contributed by atoms with Crippen LogP contribution in [-0.4, -0.2) is 10.8 Å². The number of amides is 1. The monoisotopic (exact) mass is 194 g/mol. The van der Waals surface area contributed by atoms with Crippen LogP contribution < -0.4 is 5.73 Å². The summed E-state index contributed by atoms with van der Waals surface area (Å²) < 4.78 is 0. The molecule has 5 heteroatoms. The van der Waals surface area contributed by atoms with Gasteiger partial charge in [0.2, 0.25) is 0 Å². The van der Waals surface area contributed by atoms with Crippen LogP contribution in [0.15, 0.2) is 18.2 Å². The molecular weight excluding hydrogens is 184 g/mol. The standard InChI is InChI=1S/C9H10N2O3/c1-2-6-3-4-7(9(10)12)8(5-6)11(13)14/h3-5H,2H2,1H3,(H2,10,12). The maximum absolute atomic E-state index is 10.8. The van der Waals surface area contributed by atoms with Gasteiger partial charge >= 0.3 is 0 Å². The molecule has 0 atom stereocenters. The second-order valence-corrected chi connectivity index (χ2v) is 2.83. The molecular formula is C9H10N2O3. The molecule has 0 bridgehead atoms. The van der Waals surface area contributed by atoms with E-state index < -0.39 is 10.8 Å². The summed E-state index contributed by atoms with van der Waals surface area (Å²) in [5.74, 6) is -0.778. The quantitative estimate of drug-likeness (QED) is 0.580. The molecule has 0 saturated carbocycles. The lowest BCUT2D eigenvalue weighted by Gasteiger charge is -2.00. The van der Waals surface area contributed by atoms with Gasteiger partial charge in [0.25, 0.3) is 11.6 Å². The first-order valence-electron chi connectivity index (χ1n) is 4.13. The van der Waals surface area contributed by atoms with E-state index in [0.29, 0.717) is 6.42 Å². The van der Waals surface area contributed by atoms with Crippen LogP contribution in [0.5, 0.6) is 0 Å². The maximum atomic E-state index is 10.8. The zero-order valence-electron chi connectivity index (χ0n) is 7.69. The molecule has 0 aromatic heterocycles. The highest BCUT2D eigenvalue weighted by Crippen LogP contribution is 2.19. The molecule has 0 fully saturated rings. The van der Waals surface area contributed by atoms with Crippen molar-refractivity contribution in [3.05, 3.63) is 39.4 Å². The molecule has 0 aliphatic heterocycles. The van der Waals surface area contributed by atoms with Gasteiger partial charge in [0, 0.05) is 6.07 Å². The van der Waals surface area contributed by atoms with Crippen LogP contribution in [0.25, 0.3) is 0 Å². The van der Waals surface area contributed by atoms with Crippen molar-refractivity contribution in [1.29, 1.82) is 0 Å². The number of primary amides is 1. The van der Waals surface area contributed by atoms with Crippen LogP contribution in [0, 0.1) is 10.1 Å². The molecule has 1 amide bonds. The molecule has 0 heterocycles. The summed E-state index contributed by atoms with van der Waals surface area (Å²) in [5.41, 5.74) is 5.53. The average Bonchev–Trinajstić information content (AvgIpc) is 2.16. The van der Waals surface area contributed by atoms with Gasteiger partial charge in [-0.15, -0.1) is 0 Å². The molecule has 1 aromatic carbocycles. The van der Waals surface area contributed by atoms with Crippen LogP contribution in [0.2, 0.25) is 0 Å². The van der Waals surface area contributed by atoms with E-state index in [-0.39, 0.29) is 11.3 Å². The summed E-state index contributed by atoms with van der Waals surface area (Å²) in [6.45, 7) is 1.88. The lowest BCUT2D eigenvalue weighted by atomic mass is 10.1. The summed E-state index contributed by atoms with van der Waals surface area (Å²) in [4.78, 5) is 20.8. The van der Waals surface area contributed by atoms with E-state index in [0.717, 1.165) is 5.56 Å². The number of carbonyl (C=O) groups is 1. The van der Waals surface area contributed by atoms with Crippen LogP contribution in [0.1, 0.15) is 22.8 Å². The minimum Gasteiger partial charge on any atom is -0.365 e. The van der Waals surface area contributed by atoms with Gasteiger partial charge in [-0.1, -0.05) is 13.0 Å². The SMILES string of the molecule is CCc1ccc(C(N)=O)c([N+](=O)[O-])c1. The van der Waals surface area contributed by atoms with E-state index in [1.165, 1.54) is 12.1 Å². The Bertz CT molecular complexity index is 388. The van der Waals surface area contributed by atoms with Crippen molar-refractivity contribution in [2.24, 2.45) is 5.73 Å². The number of aryl methyl sites for hydroxylation is 1. The van der Waals surface area contributed by atoms with Crippen LogP contribution in [0.3, 0.4) is 0 Å². The van der Waals surface area contributed by atoms with Crippen molar-refractivity contribution in [2.75, 3.05) is 0 Å². The topological polar surface area (TPSA) is 86.2 Å². The third-order valence-corrected chi connectivity index (χ3v) is 1.93. The van der Waals surface area contributed by atoms with E-state index in [9.17, 15) is 14.9 Å². The lowest BCUT2D eigenvalue weighted by Crippen LogP contribution is -2.13. The molecule has 0 saturated heterocycles. The first-order valence-corrected chi connectivity index (χ1v) is 4.13. The maximum Gasteiger partial charge on any atom is 0.282 e. The van der Waals surface area contributed by atoms with Gasteiger partial charge in [-0.05, 0) is 18.1 Å². The van der Waals surface area contributed by atoms with Crippen molar-refractivity contribution < 1.29 is 9.72 Å². The fraction of sp³-hybridized carbons (Fsp3) is 0.222. The lowest BCUT2D eigenvalue weighted by molar-refractivity contribution is -0.385. The summed E-state index contributed by atoms with van der Waals surface area (Å²) in [7, 11) is 0. The molecule has 1 rings (SSSR count). The number of benzene rings is 1. The van der Waals surface area contributed by atoms with E-state index in [1.54, 1.807) is 6.07 Å². The zero-order valence-corrected chi connectivity index (χ0v) is 7.69. The Balaban J connectivity index is 3.31. The molecule has 0 aliphatic carbocycles. The number of hydrogen-bond acceptors (Lipinski definition) is 3. The van der Waals surface area contributed by atoms with Crippen LogP contribution in [0.4, 0.5) is 5.69 Å². The number of nitro benzene ring substituents is 1. The first-order chi connectivity index (χ1) is 6.56. The third kappa shape index (κ3) is 1.87. The molecule has 0 radical (unpaired) electrons. The van der Waals surface area contributed by atoms with Crippen molar-refractivity contribution in [2.45, 2.75) is 13.3 Å². The predicted molar refractivity (Wildman–Crippen MR) is 51.0 cm³/mol. The van der Waals surface area contributed by atoms with E-state index in [1.807, 2.05) is 6.92 Å². The van der Waals surface area contributed by atoms with E-state index in [2.05, 4.69) is 0 Å². The van der Waals surface area contributed by atoms with Crippen molar-refractivity contribution >= 4 is 11.6 Å². The fourth-order valence-corrected chi connectivity index (χ4v) is 1.16. The molecule has 0 unspecified atom stereocenters. The highest BCUT2D eigenvalue weighted by molar-refractivity contribution is 5.96. The normalized spacial score (nSPS) is 9.79. The first kappa shape index (κ1) is 10.2. The smallest absolute Gasteiger partial charge is 0.282 e. The Morgan fingerprint density at radius 1 is 1.57 bits per heavy atom. The van der Waals surface area contributed by atoms with Gasteiger partial charge in [0.1, 0.15) is 5.56 Å². The molecule has 0 aliphatic rings. The molecule has 0 spiro atoms. The summed E-state index contributed by atoms with van der Waals surface area (Å²) in [6, 6.07) is 4.42. The number of hydrogen-bond donors (Lipinski definition) is 1. The molecule has 1 aromatic rings. The van der Waals surface area contributed by atoms with E-state index >= 15 is 0 Å². The van der Waals surface area contributed by atoms with Gasteiger partial charge in [-0.3, -0.25) is 14.9 Å². The average molecular weight is 194 g/mol. The second kappa shape index (κ2) is 3.87. The summed E-state index contributed by atoms with van der Waals surface area (Å²) >= 11 is 0. The van der Waals surface area contributed by atoms with Gasteiger partial charge in [0.15, 0.2) is 0 Å². The molecule has 5 nitrogen and oxygen atoms in total. The number of nitrogens with zero attached hydrogens (tertiary/aromatic N) is 1.